The van der Waals surface area contributed by atoms with Crippen LogP contribution in [0.15, 0.2) is 11.4 Å². The van der Waals surface area contributed by atoms with Gasteiger partial charge in [-0.25, -0.2) is 0 Å². The van der Waals surface area contributed by atoms with Gasteiger partial charge in [-0.1, -0.05) is 0 Å². The molecular weight excluding hydrogens is 222 g/mol. The van der Waals surface area contributed by atoms with Gasteiger partial charge < -0.3 is 5.32 Å². The fourth-order valence-electron chi connectivity index (χ4n) is 2.51. The third-order valence-corrected chi connectivity index (χ3v) is 5.81. The van der Waals surface area contributed by atoms with E-state index in [1.165, 1.54) is 29.0 Å². The Labute approximate surface area is 101 Å². The molecule has 1 aliphatic rings. The Balaban J connectivity index is 2.27. The van der Waals surface area contributed by atoms with E-state index in [1.54, 1.807) is 0 Å². The molecule has 2 rings (SSSR count). The van der Waals surface area contributed by atoms with Crippen LogP contribution in [0.5, 0.6) is 0 Å². The third kappa shape index (κ3) is 2.10. The minimum atomic E-state index is 0.389. The van der Waals surface area contributed by atoms with Crippen LogP contribution in [-0.4, -0.2) is 17.5 Å². The predicted octanol–water partition coefficient (Wildman–Crippen LogP) is 3.60. The van der Waals surface area contributed by atoms with Crippen molar-refractivity contribution >= 4 is 23.1 Å². The molecule has 2 atom stereocenters. The second kappa shape index (κ2) is 4.48. The van der Waals surface area contributed by atoms with Gasteiger partial charge >= 0.3 is 0 Å². The Bertz CT molecular complexity index is 326. The SMILES string of the molecule is CNC(c1ccsc1C)C1(C)CCCS1. The Morgan fingerprint density at radius 3 is 2.80 bits per heavy atom. The summed E-state index contributed by atoms with van der Waals surface area (Å²) in [6.07, 6.45) is 2.70. The Hall–Kier alpha value is 0.01000. The minimum Gasteiger partial charge on any atom is -0.312 e. The van der Waals surface area contributed by atoms with Crippen LogP contribution in [0.1, 0.15) is 36.2 Å². The van der Waals surface area contributed by atoms with E-state index in [0.29, 0.717) is 10.8 Å². The topological polar surface area (TPSA) is 12.0 Å². The lowest BCUT2D eigenvalue weighted by atomic mass is 9.91. The molecule has 0 aliphatic carbocycles. The summed E-state index contributed by atoms with van der Waals surface area (Å²) in [4.78, 5) is 1.46. The van der Waals surface area contributed by atoms with E-state index in [4.69, 9.17) is 0 Å². The van der Waals surface area contributed by atoms with Crippen LogP contribution in [0.25, 0.3) is 0 Å². The first-order valence-corrected chi connectivity index (χ1v) is 7.39. The summed E-state index contributed by atoms with van der Waals surface area (Å²) < 4.78 is 0.389. The zero-order valence-electron chi connectivity index (χ0n) is 9.67. The maximum Gasteiger partial charge on any atom is 0.0475 e. The van der Waals surface area contributed by atoms with Gasteiger partial charge in [-0.15, -0.1) is 11.3 Å². The second-order valence-corrected chi connectivity index (χ2v) is 7.17. The van der Waals surface area contributed by atoms with Gasteiger partial charge in [0.05, 0.1) is 0 Å². The summed E-state index contributed by atoms with van der Waals surface area (Å²) in [7, 11) is 2.09. The molecule has 1 aromatic heterocycles. The molecule has 1 aromatic rings. The maximum absolute atomic E-state index is 3.51. The van der Waals surface area contributed by atoms with E-state index >= 15 is 0 Å². The molecule has 2 unspecified atom stereocenters. The highest BCUT2D eigenvalue weighted by molar-refractivity contribution is 8.00. The molecule has 15 heavy (non-hydrogen) atoms. The Kier molecular flexibility index (Phi) is 3.43. The van der Waals surface area contributed by atoms with Crippen molar-refractivity contribution in [2.75, 3.05) is 12.8 Å². The highest BCUT2D eigenvalue weighted by Crippen LogP contribution is 2.47. The van der Waals surface area contributed by atoms with Crippen molar-refractivity contribution in [2.45, 2.75) is 37.5 Å². The van der Waals surface area contributed by atoms with Crippen molar-refractivity contribution in [1.82, 2.24) is 5.32 Å². The first-order valence-electron chi connectivity index (χ1n) is 5.52. The molecule has 0 bridgehead atoms. The van der Waals surface area contributed by atoms with Gasteiger partial charge in [-0.05, 0) is 56.5 Å². The molecule has 3 heteroatoms. The van der Waals surface area contributed by atoms with Gasteiger partial charge in [-0.3, -0.25) is 0 Å². The van der Waals surface area contributed by atoms with E-state index in [2.05, 4.69) is 49.4 Å². The number of nitrogens with one attached hydrogen (secondary N) is 1. The van der Waals surface area contributed by atoms with E-state index in [-0.39, 0.29) is 0 Å². The summed E-state index contributed by atoms with van der Waals surface area (Å²) in [5.41, 5.74) is 1.50. The smallest absolute Gasteiger partial charge is 0.0475 e. The molecule has 0 spiro atoms. The standard InChI is InChI=1S/C12H19NS2/c1-9-10(5-8-14-9)11(13-3)12(2)6-4-7-15-12/h5,8,11,13H,4,6-7H2,1-3H3. The van der Waals surface area contributed by atoms with Crippen molar-refractivity contribution in [1.29, 1.82) is 0 Å². The van der Waals surface area contributed by atoms with Crippen LogP contribution in [0.4, 0.5) is 0 Å². The van der Waals surface area contributed by atoms with Gasteiger partial charge in [0, 0.05) is 15.7 Å². The molecule has 2 heterocycles. The predicted molar refractivity (Wildman–Crippen MR) is 71.0 cm³/mol. The molecule has 84 valence electrons. The van der Waals surface area contributed by atoms with E-state index < -0.39 is 0 Å². The number of thioether (sulfide) groups is 1. The van der Waals surface area contributed by atoms with Gasteiger partial charge in [-0.2, -0.15) is 11.8 Å². The minimum absolute atomic E-state index is 0.389. The molecule has 0 radical (unpaired) electrons. The molecule has 1 fully saturated rings. The van der Waals surface area contributed by atoms with Crippen molar-refractivity contribution in [3.8, 4) is 0 Å². The molecule has 1 saturated heterocycles. The van der Waals surface area contributed by atoms with Crippen LogP contribution in [0.2, 0.25) is 0 Å². The number of thiophene rings is 1. The first kappa shape index (κ1) is 11.5. The summed E-state index contributed by atoms with van der Waals surface area (Å²) >= 11 is 3.98. The summed E-state index contributed by atoms with van der Waals surface area (Å²) in [5.74, 6) is 1.32. The molecule has 1 aliphatic heterocycles. The van der Waals surface area contributed by atoms with Crippen LogP contribution in [0.3, 0.4) is 0 Å². The molecule has 0 saturated carbocycles. The maximum atomic E-state index is 3.51. The lowest BCUT2D eigenvalue weighted by Crippen LogP contribution is -2.35. The average molecular weight is 241 g/mol. The first-order chi connectivity index (χ1) is 7.17. The van der Waals surface area contributed by atoms with Crippen molar-refractivity contribution in [3.63, 3.8) is 0 Å². The van der Waals surface area contributed by atoms with Gasteiger partial charge in [0.2, 0.25) is 0 Å². The highest BCUT2D eigenvalue weighted by Gasteiger charge is 2.38. The monoisotopic (exact) mass is 241 g/mol. The Morgan fingerprint density at radius 1 is 1.53 bits per heavy atom. The van der Waals surface area contributed by atoms with Gasteiger partial charge in [0.25, 0.3) is 0 Å². The van der Waals surface area contributed by atoms with Crippen molar-refractivity contribution < 1.29 is 0 Å². The highest BCUT2D eigenvalue weighted by atomic mass is 32.2. The van der Waals surface area contributed by atoms with Crippen molar-refractivity contribution in [2.24, 2.45) is 0 Å². The number of hydrogen-bond donors (Lipinski definition) is 1. The van der Waals surface area contributed by atoms with Crippen LogP contribution in [0, 0.1) is 6.92 Å². The van der Waals surface area contributed by atoms with Crippen molar-refractivity contribution in [3.05, 3.63) is 21.9 Å². The van der Waals surface area contributed by atoms with Crippen LogP contribution < -0.4 is 5.32 Å². The second-order valence-electron chi connectivity index (χ2n) is 4.42. The fraction of sp³-hybridized carbons (Fsp3) is 0.667. The summed E-state index contributed by atoms with van der Waals surface area (Å²) in [6.45, 7) is 4.64. The lowest BCUT2D eigenvalue weighted by Gasteiger charge is -2.33. The normalized spacial score (nSPS) is 28.2. The number of rotatable bonds is 3. The van der Waals surface area contributed by atoms with Crippen LogP contribution in [-0.2, 0) is 0 Å². The number of aryl methyl sites for hydroxylation is 1. The molecular formula is C12H19NS2. The quantitative estimate of drug-likeness (QED) is 0.868. The fourth-order valence-corrected chi connectivity index (χ4v) is 4.71. The van der Waals surface area contributed by atoms with E-state index in [1.807, 2.05) is 11.3 Å². The lowest BCUT2D eigenvalue weighted by molar-refractivity contribution is 0.440. The molecule has 1 nitrogen and oxygen atoms in total. The number of hydrogen-bond acceptors (Lipinski definition) is 3. The van der Waals surface area contributed by atoms with E-state index in [0.717, 1.165) is 0 Å². The zero-order chi connectivity index (χ0) is 10.9. The summed E-state index contributed by atoms with van der Waals surface area (Å²) in [6, 6.07) is 2.79. The molecule has 0 amide bonds. The molecule has 1 N–H and O–H groups in total. The van der Waals surface area contributed by atoms with Crippen LogP contribution >= 0.6 is 23.1 Å². The average Bonchev–Trinajstić information content (AvgIpc) is 2.79. The largest absolute Gasteiger partial charge is 0.312 e. The third-order valence-electron chi connectivity index (χ3n) is 3.36. The Morgan fingerprint density at radius 2 is 2.33 bits per heavy atom. The van der Waals surface area contributed by atoms with Gasteiger partial charge in [0.1, 0.15) is 0 Å². The zero-order valence-corrected chi connectivity index (χ0v) is 11.3. The molecule has 0 aromatic carbocycles. The summed E-state index contributed by atoms with van der Waals surface area (Å²) in [5, 5.41) is 5.72. The van der Waals surface area contributed by atoms with E-state index in [9.17, 15) is 0 Å². The van der Waals surface area contributed by atoms with Gasteiger partial charge in [0.15, 0.2) is 0 Å².